The zero-order valence-electron chi connectivity index (χ0n) is 11.9. The van der Waals surface area contributed by atoms with Crippen LogP contribution >= 0.6 is 11.6 Å². The normalized spacial score (nSPS) is 12.7. The Labute approximate surface area is 134 Å². The second kappa shape index (κ2) is 6.86. The van der Waals surface area contributed by atoms with Crippen LogP contribution in [0.5, 0.6) is 0 Å². The first-order valence-corrected chi connectivity index (χ1v) is 6.90. The van der Waals surface area contributed by atoms with Crippen LogP contribution < -0.4 is 10.6 Å². The number of amides is 2. The van der Waals surface area contributed by atoms with Gasteiger partial charge in [0.05, 0.1) is 22.8 Å². The molecule has 10 heteroatoms. The van der Waals surface area contributed by atoms with E-state index in [1.807, 2.05) is 0 Å². The number of rotatable bonds is 4. The zero-order chi connectivity index (χ0) is 17.0. The van der Waals surface area contributed by atoms with Crippen molar-refractivity contribution in [2.75, 3.05) is 5.32 Å². The fraction of sp³-hybridized carbons (Fsp3) is 0.308. The summed E-state index contributed by atoms with van der Waals surface area (Å²) in [6.45, 7) is 2.14. The number of hydrogen-bond acceptors (Lipinski definition) is 3. The number of alkyl halides is 3. The third kappa shape index (κ3) is 4.85. The minimum atomic E-state index is -4.49. The minimum Gasteiger partial charge on any atom is -0.334 e. The Morgan fingerprint density at radius 3 is 2.74 bits per heavy atom. The number of carbonyl (C=O) groups is 1. The quantitative estimate of drug-likeness (QED) is 0.892. The molecule has 2 aromatic rings. The fourth-order valence-electron chi connectivity index (χ4n) is 1.83. The number of anilines is 1. The molecule has 2 rings (SSSR count). The van der Waals surface area contributed by atoms with Crippen molar-refractivity contribution in [1.29, 1.82) is 0 Å². The summed E-state index contributed by atoms with van der Waals surface area (Å²) in [5.74, 6) is 0. The molecule has 1 aromatic carbocycles. The topological polar surface area (TPSA) is 71.8 Å². The third-order valence-electron chi connectivity index (χ3n) is 2.85. The zero-order valence-corrected chi connectivity index (χ0v) is 12.7. The Morgan fingerprint density at radius 2 is 2.17 bits per heavy atom. The number of benzene rings is 1. The molecule has 124 valence electrons. The molecule has 0 aliphatic heterocycles. The molecular weight excluding hydrogens is 335 g/mol. The lowest BCUT2D eigenvalue weighted by Crippen LogP contribution is -2.38. The van der Waals surface area contributed by atoms with Crippen LogP contribution in [0.4, 0.5) is 23.7 Å². The highest BCUT2D eigenvalue weighted by molar-refractivity contribution is 6.33. The molecule has 1 heterocycles. The number of aromatic nitrogens is 3. The smallest absolute Gasteiger partial charge is 0.334 e. The largest absolute Gasteiger partial charge is 0.416 e. The molecule has 0 bridgehead atoms. The summed E-state index contributed by atoms with van der Waals surface area (Å²) in [5.41, 5.74) is -0.793. The van der Waals surface area contributed by atoms with Gasteiger partial charge in [0, 0.05) is 6.04 Å². The molecule has 0 aliphatic carbocycles. The van der Waals surface area contributed by atoms with Gasteiger partial charge in [-0.2, -0.15) is 18.3 Å². The standard InChI is InChI=1S/C13H13ClF3N5O/c1-8(5-22-7-18-6-19-22)20-12(23)21-11-3-2-9(4-10(11)14)13(15,16)17/h2-4,6-8H,5H2,1H3,(H2,20,21,23). The van der Waals surface area contributed by atoms with Gasteiger partial charge in [-0.1, -0.05) is 11.6 Å². The van der Waals surface area contributed by atoms with Crippen LogP contribution in [0.25, 0.3) is 0 Å². The SMILES string of the molecule is CC(Cn1cncn1)NC(=O)Nc1ccc(C(F)(F)F)cc1Cl. The molecular formula is C13H13ClF3N5O. The lowest BCUT2D eigenvalue weighted by Gasteiger charge is -2.15. The molecule has 0 saturated heterocycles. The number of urea groups is 1. The molecule has 6 nitrogen and oxygen atoms in total. The molecule has 0 spiro atoms. The summed E-state index contributed by atoms with van der Waals surface area (Å²) in [5, 5.41) is 8.73. The number of halogens is 4. The number of hydrogen-bond donors (Lipinski definition) is 2. The fourth-order valence-corrected chi connectivity index (χ4v) is 2.06. The van der Waals surface area contributed by atoms with Crippen molar-refractivity contribution in [3.63, 3.8) is 0 Å². The Hall–Kier alpha value is -2.29. The Bertz CT molecular complexity index is 675. The highest BCUT2D eigenvalue weighted by atomic mass is 35.5. The predicted octanol–water partition coefficient (Wildman–Crippen LogP) is 3.16. The van der Waals surface area contributed by atoms with Crippen molar-refractivity contribution < 1.29 is 18.0 Å². The number of nitrogens with one attached hydrogen (secondary N) is 2. The molecule has 2 amide bonds. The third-order valence-corrected chi connectivity index (χ3v) is 3.16. The van der Waals surface area contributed by atoms with E-state index in [1.54, 1.807) is 6.92 Å². The summed E-state index contributed by atoms with van der Waals surface area (Å²) in [6.07, 6.45) is -1.62. The summed E-state index contributed by atoms with van der Waals surface area (Å²) < 4.78 is 39.2. The van der Waals surface area contributed by atoms with Crippen LogP contribution in [0.15, 0.2) is 30.9 Å². The number of carbonyl (C=O) groups excluding carboxylic acids is 1. The second-order valence-corrected chi connectivity index (χ2v) is 5.22. The van der Waals surface area contributed by atoms with Crippen molar-refractivity contribution in [3.8, 4) is 0 Å². The van der Waals surface area contributed by atoms with Gasteiger partial charge in [-0.25, -0.2) is 9.78 Å². The summed E-state index contributed by atoms with van der Waals surface area (Å²) in [6, 6.07) is 1.85. The molecule has 0 saturated carbocycles. The second-order valence-electron chi connectivity index (χ2n) is 4.81. The van der Waals surface area contributed by atoms with Gasteiger partial charge < -0.3 is 10.6 Å². The van der Waals surface area contributed by atoms with Crippen molar-refractivity contribution in [1.82, 2.24) is 20.1 Å². The van der Waals surface area contributed by atoms with Gasteiger partial charge in [-0.15, -0.1) is 0 Å². The van der Waals surface area contributed by atoms with Crippen molar-refractivity contribution in [2.45, 2.75) is 25.7 Å². The van der Waals surface area contributed by atoms with E-state index in [2.05, 4.69) is 20.7 Å². The monoisotopic (exact) mass is 347 g/mol. The van der Waals surface area contributed by atoms with E-state index in [-0.39, 0.29) is 16.8 Å². The molecule has 0 radical (unpaired) electrons. The summed E-state index contributed by atoms with van der Waals surface area (Å²) >= 11 is 5.77. The molecule has 1 unspecified atom stereocenters. The lowest BCUT2D eigenvalue weighted by molar-refractivity contribution is -0.137. The van der Waals surface area contributed by atoms with E-state index in [4.69, 9.17) is 11.6 Å². The molecule has 0 aliphatic rings. The van der Waals surface area contributed by atoms with E-state index in [0.717, 1.165) is 18.2 Å². The van der Waals surface area contributed by atoms with Gasteiger partial charge in [0.25, 0.3) is 0 Å². The predicted molar refractivity (Wildman–Crippen MR) is 78.1 cm³/mol. The van der Waals surface area contributed by atoms with E-state index in [0.29, 0.717) is 6.54 Å². The highest BCUT2D eigenvalue weighted by Gasteiger charge is 2.31. The van der Waals surface area contributed by atoms with Crippen molar-refractivity contribution in [3.05, 3.63) is 41.4 Å². The van der Waals surface area contributed by atoms with Crippen LogP contribution in [-0.2, 0) is 12.7 Å². The van der Waals surface area contributed by atoms with Gasteiger partial charge >= 0.3 is 12.2 Å². The van der Waals surface area contributed by atoms with Gasteiger partial charge in [0.2, 0.25) is 0 Å². The van der Waals surface area contributed by atoms with Gasteiger partial charge in [0.15, 0.2) is 0 Å². The van der Waals surface area contributed by atoms with E-state index < -0.39 is 17.8 Å². The first-order valence-electron chi connectivity index (χ1n) is 6.52. The average molecular weight is 348 g/mol. The molecule has 23 heavy (non-hydrogen) atoms. The van der Waals surface area contributed by atoms with E-state index >= 15 is 0 Å². The Morgan fingerprint density at radius 1 is 1.43 bits per heavy atom. The molecule has 1 atom stereocenters. The van der Waals surface area contributed by atoms with Crippen LogP contribution in [0, 0.1) is 0 Å². The summed E-state index contributed by atoms with van der Waals surface area (Å²) in [4.78, 5) is 15.6. The highest BCUT2D eigenvalue weighted by Crippen LogP contribution is 2.33. The van der Waals surface area contributed by atoms with E-state index in [9.17, 15) is 18.0 Å². The molecule has 2 N–H and O–H groups in total. The first kappa shape index (κ1) is 17.1. The van der Waals surface area contributed by atoms with Gasteiger partial charge in [-0.05, 0) is 25.1 Å². The Balaban J connectivity index is 1.95. The first-order chi connectivity index (χ1) is 10.8. The lowest BCUT2D eigenvalue weighted by atomic mass is 10.2. The van der Waals surface area contributed by atoms with Crippen molar-refractivity contribution >= 4 is 23.3 Å². The average Bonchev–Trinajstić information content (AvgIpc) is 2.92. The van der Waals surface area contributed by atoms with Gasteiger partial charge in [-0.3, -0.25) is 4.68 Å². The number of nitrogens with zero attached hydrogens (tertiary/aromatic N) is 3. The molecule has 0 fully saturated rings. The van der Waals surface area contributed by atoms with Crippen LogP contribution in [0.1, 0.15) is 12.5 Å². The minimum absolute atomic E-state index is 0.0881. The van der Waals surface area contributed by atoms with Gasteiger partial charge in [0.1, 0.15) is 12.7 Å². The maximum absolute atomic E-state index is 12.5. The maximum atomic E-state index is 12.5. The van der Waals surface area contributed by atoms with Crippen LogP contribution in [-0.4, -0.2) is 26.8 Å². The molecule has 1 aromatic heterocycles. The Kier molecular flexibility index (Phi) is 5.09. The van der Waals surface area contributed by atoms with Crippen LogP contribution in [0.2, 0.25) is 5.02 Å². The van der Waals surface area contributed by atoms with E-state index in [1.165, 1.54) is 17.3 Å². The van der Waals surface area contributed by atoms with Crippen LogP contribution in [0.3, 0.4) is 0 Å². The summed E-state index contributed by atoms with van der Waals surface area (Å²) in [7, 11) is 0. The maximum Gasteiger partial charge on any atom is 0.416 e. The van der Waals surface area contributed by atoms with Crippen molar-refractivity contribution in [2.24, 2.45) is 0 Å².